The lowest BCUT2D eigenvalue weighted by Crippen LogP contribution is -2.54. The lowest BCUT2D eigenvalue weighted by atomic mass is 10.1. The smallest absolute Gasteiger partial charge is 0.335 e. The topological polar surface area (TPSA) is 122 Å². The number of anilines is 1. The highest BCUT2D eigenvalue weighted by Gasteiger charge is 2.36. The summed E-state index contributed by atoms with van der Waals surface area (Å²) in [6.07, 6.45) is 1.35. The number of hydrogen-bond donors (Lipinski definition) is 2. The fraction of sp³-hybridized carbons (Fsp3) is 0.0769. The van der Waals surface area contributed by atoms with Gasteiger partial charge in [-0.2, -0.15) is 0 Å². The molecule has 9 nitrogen and oxygen atoms in total. The lowest BCUT2D eigenvalue weighted by Gasteiger charge is -2.26. The quantitative estimate of drug-likeness (QED) is 0.273. The molecule has 0 unspecified atom stereocenters. The molecule has 0 aliphatic carbocycles. The number of hydrogen-bond acceptors (Lipinski definition) is 6. The van der Waals surface area contributed by atoms with Gasteiger partial charge >= 0.3 is 12.0 Å². The van der Waals surface area contributed by atoms with E-state index in [0.717, 1.165) is 9.37 Å². The average molecular weight is 630 g/mol. The summed E-state index contributed by atoms with van der Waals surface area (Å²) in [5.74, 6) is -1.99. The van der Waals surface area contributed by atoms with E-state index in [9.17, 15) is 24.3 Å². The minimum absolute atomic E-state index is 0.0711. The summed E-state index contributed by atoms with van der Waals surface area (Å²) in [5.41, 5.74) is 1.28. The first-order chi connectivity index (χ1) is 17.7. The first kappa shape index (κ1) is 26.1. The van der Waals surface area contributed by atoms with Gasteiger partial charge in [0.2, 0.25) is 0 Å². The number of benzene rings is 3. The maximum atomic E-state index is 13.1. The Morgan fingerprint density at radius 1 is 1.05 bits per heavy atom. The number of barbiturate groups is 1. The molecule has 0 saturated carbocycles. The highest BCUT2D eigenvalue weighted by molar-refractivity contribution is 9.10. The lowest BCUT2D eigenvalue weighted by molar-refractivity contribution is -0.122. The van der Waals surface area contributed by atoms with Crippen LogP contribution >= 0.6 is 31.9 Å². The number of halogens is 2. The molecule has 4 rings (SSSR count). The molecule has 37 heavy (non-hydrogen) atoms. The van der Waals surface area contributed by atoms with Crippen molar-refractivity contribution in [2.24, 2.45) is 0 Å². The number of carbonyl (C=O) groups is 4. The number of methoxy groups -OCH3 is 1. The van der Waals surface area contributed by atoms with Crippen molar-refractivity contribution < 1.29 is 33.8 Å². The van der Waals surface area contributed by atoms with Crippen molar-refractivity contribution in [3.8, 4) is 11.5 Å². The molecule has 3 aromatic rings. The van der Waals surface area contributed by atoms with Gasteiger partial charge < -0.3 is 14.6 Å². The van der Waals surface area contributed by atoms with Crippen LogP contribution in [0.25, 0.3) is 6.08 Å². The molecule has 1 aliphatic heterocycles. The van der Waals surface area contributed by atoms with Crippen molar-refractivity contribution >= 4 is 67.4 Å². The molecule has 3 aromatic carbocycles. The molecule has 0 atom stereocenters. The first-order valence-electron chi connectivity index (χ1n) is 10.7. The normalized spacial score (nSPS) is 14.5. The van der Waals surface area contributed by atoms with Crippen LogP contribution in [0.4, 0.5) is 10.5 Å². The van der Waals surface area contributed by atoms with Crippen molar-refractivity contribution in [2.75, 3.05) is 12.0 Å². The largest absolute Gasteiger partial charge is 0.493 e. The summed E-state index contributed by atoms with van der Waals surface area (Å²) < 4.78 is 12.6. The summed E-state index contributed by atoms with van der Waals surface area (Å²) >= 11 is 6.73. The Kier molecular flexibility index (Phi) is 7.74. The molecule has 1 fully saturated rings. The Bertz CT molecular complexity index is 1450. The molecular formula is C26H18Br2N2O7. The predicted octanol–water partition coefficient (Wildman–Crippen LogP) is 5.16. The molecule has 1 heterocycles. The van der Waals surface area contributed by atoms with Crippen LogP contribution in [0, 0.1) is 0 Å². The van der Waals surface area contributed by atoms with Crippen molar-refractivity contribution in [3.05, 3.63) is 91.9 Å². The van der Waals surface area contributed by atoms with Crippen LogP contribution in [0.5, 0.6) is 11.5 Å². The second-order valence-electron chi connectivity index (χ2n) is 7.76. The second kappa shape index (κ2) is 11.0. The van der Waals surface area contributed by atoms with Gasteiger partial charge in [-0.15, -0.1) is 0 Å². The SMILES string of the molecule is COc1cc(/C=C2\C(=O)NC(=O)N(c3ccc(Br)cc3)C2=O)cc(Br)c1OCc1cccc(C(=O)O)c1. The molecule has 1 aliphatic rings. The molecule has 0 radical (unpaired) electrons. The predicted molar refractivity (Wildman–Crippen MR) is 142 cm³/mol. The van der Waals surface area contributed by atoms with E-state index in [-0.39, 0.29) is 17.7 Å². The summed E-state index contributed by atoms with van der Waals surface area (Å²) in [4.78, 5) is 50.2. The summed E-state index contributed by atoms with van der Waals surface area (Å²) in [5, 5.41) is 11.4. The van der Waals surface area contributed by atoms with Crippen molar-refractivity contribution in [3.63, 3.8) is 0 Å². The van der Waals surface area contributed by atoms with E-state index in [1.165, 1.54) is 25.3 Å². The third kappa shape index (κ3) is 5.73. The minimum Gasteiger partial charge on any atom is -0.493 e. The molecule has 0 aromatic heterocycles. The van der Waals surface area contributed by atoms with E-state index >= 15 is 0 Å². The summed E-state index contributed by atoms with van der Waals surface area (Å²) in [6, 6.07) is 15.2. The average Bonchev–Trinajstić information content (AvgIpc) is 2.86. The maximum absolute atomic E-state index is 13.1. The number of imide groups is 2. The summed E-state index contributed by atoms with van der Waals surface area (Å²) in [6.45, 7) is 0.0711. The van der Waals surface area contributed by atoms with Crippen LogP contribution in [-0.4, -0.2) is 36.0 Å². The van der Waals surface area contributed by atoms with Crippen LogP contribution in [0.3, 0.4) is 0 Å². The van der Waals surface area contributed by atoms with E-state index in [0.29, 0.717) is 32.8 Å². The zero-order valence-corrected chi connectivity index (χ0v) is 22.3. The Morgan fingerprint density at radius 3 is 2.46 bits per heavy atom. The Balaban J connectivity index is 1.62. The molecular weight excluding hydrogens is 612 g/mol. The van der Waals surface area contributed by atoms with E-state index in [4.69, 9.17) is 9.47 Å². The van der Waals surface area contributed by atoms with Gasteiger partial charge in [-0.3, -0.25) is 14.9 Å². The van der Waals surface area contributed by atoms with Crippen molar-refractivity contribution in [1.29, 1.82) is 0 Å². The zero-order valence-electron chi connectivity index (χ0n) is 19.2. The number of nitrogens with one attached hydrogen (secondary N) is 1. The van der Waals surface area contributed by atoms with Crippen LogP contribution in [-0.2, 0) is 16.2 Å². The van der Waals surface area contributed by atoms with E-state index in [1.807, 2.05) is 0 Å². The van der Waals surface area contributed by atoms with Crippen LogP contribution in [0.1, 0.15) is 21.5 Å². The third-order valence-corrected chi connectivity index (χ3v) is 6.42. The second-order valence-corrected chi connectivity index (χ2v) is 9.53. The monoisotopic (exact) mass is 628 g/mol. The van der Waals surface area contributed by atoms with Crippen LogP contribution in [0.2, 0.25) is 0 Å². The van der Waals surface area contributed by atoms with Gasteiger partial charge in [0.1, 0.15) is 12.2 Å². The van der Waals surface area contributed by atoms with Crippen molar-refractivity contribution in [1.82, 2.24) is 5.32 Å². The van der Waals surface area contributed by atoms with Crippen molar-refractivity contribution in [2.45, 2.75) is 6.61 Å². The molecule has 0 spiro atoms. The fourth-order valence-corrected chi connectivity index (χ4v) is 4.40. The number of carboxylic acid groups (broad SMARTS) is 1. The fourth-order valence-electron chi connectivity index (χ4n) is 3.56. The Labute approximate surface area is 227 Å². The van der Waals surface area contributed by atoms with E-state index in [1.54, 1.807) is 48.5 Å². The number of rotatable bonds is 7. The maximum Gasteiger partial charge on any atom is 0.335 e. The van der Waals surface area contributed by atoms with E-state index in [2.05, 4.69) is 37.2 Å². The Morgan fingerprint density at radius 2 is 1.78 bits per heavy atom. The van der Waals surface area contributed by atoms with Gasteiger partial charge in [0, 0.05) is 4.47 Å². The number of ether oxygens (including phenoxy) is 2. The van der Waals surface area contributed by atoms with Gasteiger partial charge in [0.15, 0.2) is 11.5 Å². The molecule has 188 valence electrons. The summed E-state index contributed by atoms with van der Waals surface area (Å²) in [7, 11) is 1.43. The van der Waals surface area contributed by atoms with Crippen LogP contribution in [0.15, 0.2) is 75.2 Å². The number of nitrogens with zero attached hydrogens (tertiary/aromatic N) is 1. The standard InChI is InChI=1S/C26H18Br2N2O7/c1-36-21-12-15(11-20(28)22(21)37-13-14-3-2-4-16(9-14)25(33)34)10-19-23(31)29-26(35)30(24(19)32)18-7-5-17(27)6-8-18/h2-12H,13H2,1H3,(H,33,34)(H,29,31,35)/b19-10+. The zero-order chi connectivity index (χ0) is 26.7. The van der Waals surface area contributed by atoms with Gasteiger partial charge in [0.25, 0.3) is 11.8 Å². The Hall–Kier alpha value is -3.96. The number of carboxylic acids is 1. The molecule has 1 saturated heterocycles. The number of aromatic carboxylic acids is 1. The minimum atomic E-state index is -1.04. The number of urea groups is 1. The van der Waals surface area contributed by atoms with Gasteiger partial charge in [0.05, 0.1) is 22.8 Å². The first-order valence-corrected chi connectivity index (χ1v) is 12.3. The van der Waals surface area contributed by atoms with Gasteiger partial charge in [-0.1, -0.05) is 28.1 Å². The van der Waals surface area contributed by atoms with Gasteiger partial charge in [-0.25, -0.2) is 14.5 Å². The molecule has 4 amide bonds. The highest BCUT2D eigenvalue weighted by Crippen LogP contribution is 2.38. The van der Waals surface area contributed by atoms with Gasteiger partial charge in [-0.05, 0) is 81.7 Å². The number of amides is 4. The van der Waals surface area contributed by atoms with E-state index < -0.39 is 23.8 Å². The third-order valence-electron chi connectivity index (χ3n) is 5.31. The molecule has 2 N–H and O–H groups in total. The van der Waals surface area contributed by atoms with Crippen LogP contribution < -0.4 is 19.7 Å². The highest BCUT2D eigenvalue weighted by atomic mass is 79.9. The molecule has 11 heteroatoms. The molecule has 0 bridgehead atoms. The number of carbonyl (C=O) groups excluding carboxylic acids is 3.